The molecular formula is C29H28N6O3S. The van der Waals surface area contributed by atoms with Gasteiger partial charge in [0.1, 0.15) is 11.3 Å². The standard InChI is InChI=1S/C29H28N6O3S/c1-6-26-32-27-17(2)13-18(3)31-28(27)35(26)16-21-11-12-23(22(14-21)15-30)24-9-7-8-10-25(24)39(36,37)34-29-19(4)20(5)33-38-29/h7-14,34H,6,16H2,1-5H3. The summed E-state index contributed by atoms with van der Waals surface area (Å²) in [5.74, 6) is 0.978. The Kier molecular flexibility index (Phi) is 6.70. The fourth-order valence-corrected chi connectivity index (χ4v) is 5.96. The molecule has 39 heavy (non-hydrogen) atoms. The van der Waals surface area contributed by atoms with Crippen molar-refractivity contribution in [3.05, 3.63) is 88.0 Å². The van der Waals surface area contributed by atoms with Gasteiger partial charge >= 0.3 is 0 Å². The van der Waals surface area contributed by atoms with E-state index in [9.17, 15) is 13.7 Å². The second-order valence-corrected chi connectivity index (χ2v) is 11.2. The molecule has 0 radical (unpaired) electrons. The lowest BCUT2D eigenvalue weighted by Gasteiger charge is -2.14. The quantitative estimate of drug-likeness (QED) is 0.284. The Labute approximate surface area is 227 Å². The number of rotatable bonds is 7. The minimum Gasteiger partial charge on any atom is -0.337 e. The molecule has 9 nitrogen and oxygen atoms in total. The molecule has 0 fully saturated rings. The molecule has 0 aliphatic rings. The van der Waals surface area contributed by atoms with Crippen LogP contribution in [0.5, 0.6) is 0 Å². The number of aryl methyl sites for hydroxylation is 4. The largest absolute Gasteiger partial charge is 0.337 e. The predicted molar refractivity (Wildman–Crippen MR) is 149 cm³/mol. The summed E-state index contributed by atoms with van der Waals surface area (Å²) < 4.78 is 36.5. The van der Waals surface area contributed by atoms with Gasteiger partial charge in [0, 0.05) is 28.8 Å². The summed E-state index contributed by atoms with van der Waals surface area (Å²) >= 11 is 0. The highest BCUT2D eigenvalue weighted by Crippen LogP contribution is 2.33. The van der Waals surface area contributed by atoms with Crippen LogP contribution in [0.2, 0.25) is 0 Å². The van der Waals surface area contributed by atoms with Gasteiger partial charge in [-0.1, -0.05) is 42.4 Å². The first-order valence-electron chi connectivity index (χ1n) is 12.5. The van der Waals surface area contributed by atoms with Crippen LogP contribution in [0.3, 0.4) is 0 Å². The highest BCUT2D eigenvalue weighted by Gasteiger charge is 2.24. The van der Waals surface area contributed by atoms with Crippen molar-refractivity contribution in [2.45, 2.75) is 52.5 Å². The topological polar surface area (TPSA) is 127 Å². The number of anilines is 1. The smallest absolute Gasteiger partial charge is 0.264 e. The van der Waals surface area contributed by atoms with Gasteiger partial charge in [-0.2, -0.15) is 5.26 Å². The van der Waals surface area contributed by atoms with E-state index in [0.29, 0.717) is 34.5 Å². The SMILES string of the molecule is CCc1nc2c(C)cc(C)nc2n1Cc1ccc(-c2ccccc2S(=O)(=O)Nc2onc(C)c2C)c(C#N)c1. The summed E-state index contributed by atoms with van der Waals surface area (Å²) in [5.41, 5.74) is 7.06. The molecule has 2 aromatic carbocycles. The molecule has 10 heteroatoms. The maximum Gasteiger partial charge on any atom is 0.264 e. The minimum atomic E-state index is -4.03. The molecule has 198 valence electrons. The number of nitriles is 1. The average Bonchev–Trinajstić information content (AvgIpc) is 3.42. The van der Waals surface area contributed by atoms with Crippen LogP contribution in [0.4, 0.5) is 5.88 Å². The number of fused-ring (bicyclic) bond motifs is 1. The molecule has 0 amide bonds. The predicted octanol–water partition coefficient (Wildman–Crippen LogP) is 5.60. The van der Waals surface area contributed by atoms with Crippen molar-refractivity contribution in [2.24, 2.45) is 0 Å². The second kappa shape index (κ2) is 10.0. The van der Waals surface area contributed by atoms with Gasteiger partial charge in [-0.05, 0) is 57.0 Å². The number of sulfonamides is 1. The van der Waals surface area contributed by atoms with E-state index in [1.807, 2.05) is 26.0 Å². The molecule has 3 aromatic heterocycles. The fourth-order valence-electron chi connectivity index (χ4n) is 4.70. The number of nitrogens with one attached hydrogen (secondary N) is 1. The molecule has 0 atom stereocenters. The van der Waals surface area contributed by atoms with E-state index in [4.69, 9.17) is 14.5 Å². The van der Waals surface area contributed by atoms with Crippen molar-refractivity contribution < 1.29 is 12.9 Å². The monoisotopic (exact) mass is 540 g/mol. The highest BCUT2D eigenvalue weighted by atomic mass is 32.2. The third kappa shape index (κ3) is 4.77. The molecule has 0 spiro atoms. The van der Waals surface area contributed by atoms with Gasteiger partial charge in [0.05, 0.1) is 28.8 Å². The van der Waals surface area contributed by atoms with Crippen LogP contribution in [0.15, 0.2) is 57.9 Å². The zero-order chi connectivity index (χ0) is 27.9. The van der Waals surface area contributed by atoms with E-state index >= 15 is 0 Å². The first-order chi connectivity index (χ1) is 18.6. The van der Waals surface area contributed by atoms with E-state index in [0.717, 1.165) is 40.2 Å². The van der Waals surface area contributed by atoms with Crippen LogP contribution in [0, 0.1) is 39.0 Å². The number of nitrogens with zero attached hydrogens (tertiary/aromatic N) is 5. The maximum absolute atomic E-state index is 13.4. The first-order valence-corrected chi connectivity index (χ1v) is 14.0. The van der Waals surface area contributed by atoms with Crippen LogP contribution >= 0.6 is 0 Å². The molecule has 3 heterocycles. The van der Waals surface area contributed by atoms with Crippen molar-refractivity contribution in [3.63, 3.8) is 0 Å². The van der Waals surface area contributed by atoms with E-state index < -0.39 is 10.0 Å². The fraction of sp³-hybridized carbons (Fsp3) is 0.241. The Balaban J connectivity index is 1.55. The number of imidazole rings is 1. The zero-order valence-electron chi connectivity index (χ0n) is 22.4. The Bertz CT molecular complexity index is 1880. The van der Waals surface area contributed by atoms with Gasteiger partial charge in [-0.3, -0.25) is 0 Å². The van der Waals surface area contributed by atoms with Crippen LogP contribution in [0.1, 0.15) is 46.4 Å². The van der Waals surface area contributed by atoms with E-state index in [-0.39, 0.29) is 10.8 Å². The van der Waals surface area contributed by atoms with Gasteiger partial charge < -0.3 is 9.09 Å². The summed E-state index contributed by atoms with van der Waals surface area (Å²) in [7, 11) is -4.03. The molecule has 0 unspecified atom stereocenters. The number of pyridine rings is 1. The summed E-state index contributed by atoms with van der Waals surface area (Å²) in [6, 6.07) is 16.4. The molecule has 5 aromatic rings. The van der Waals surface area contributed by atoms with Gasteiger partial charge in [0.15, 0.2) is 5.65 Å². The highest BCUT2D eigenvalue weighted by molar-refractivity contribution is 7.92. The van der Waals surface area contributed by atoms with Crippen LogP contribution in [-0.4, -0.2) is 28.1 Å². The summed E-state index contributed by atoms with van der Waals surface area (Å²) in [4.78, 5) is 9.58. The molecule has 0 aliphatic carbocycles. The maximum atomic E-state index is 13.4. The van der Waals surface area contributed by atoms with Gasteiger partial charge in [-0.15, -0.1) is 0 Å². The number of hydrogen-bond acceptors (Lipinski definition) is 7. The van der Waals surface area contributed by atoms with Crippen LogP contribution < -0.4 is 4.72 Å². The molecule has 5 rings (SSSR count). The molecule has 0 bridgehead atoms. The van der Waals surface area contributed by atoms with Gasteiger partial charge in [-0.25, -0.2) is 23.1 Å². The van der Waals surface area contributed by atoms with E-state index in [1.165, 1.54) is 6.07 Å². The lowest BCUT2D eigenvalue weighted by molar-refractivity contribution is 0.430. The summed E-state index contributed by atoms with van der Waals surface area (Å²) in [5, 5.41) is 13.9. The Morgan fingerprint density at radius 3 is 2.49 bits per heavy atom. The van der Waals surface area contributed by atoms with Gasteiger partial charge in [0.25, 0.3) is 10.0 Å². The molecule has 0 saturated heterocycles. The van der Waals surface area contributed by atoms with Crippen molar-refractivity contribution >= 4 is 27.1 Å². The Morgan fingerprint density at radius 2 is 1.79 bits per heavy atom. The average molecular weight is 541 g/mol. The minimum absolute atomic E-state index is 0.0340. The third-order valence-corrected chi connectivity index (χ3v) is 8.20. The van der Waals surface area contributed by atoms with E-state index in [2.05, 4.69) is 27.4 Å². The Morgan fingerprint density at radius 1 is 1.03 bits per heavy atom. The lowest BCUT2D eigenvalue weighted by atomic mass is 9.98. The molecule has 0 saturated carbocycles. The summed E-state index contributed by atoms with van der Waals surface area (Å²) in [6.45, 7) is 9.99. The van der Waals surface area contributed by atoms with Crippen molar-refractivity contribution in [3.8, 4) is 17.2 Å². The van der Waals surface area contributed by atoms with Crippen LogP contribution in [0.25, 0.3) is 22.3 Å². The normalized spacial score (nSPS) is 11.6. The van der Waals surface area contributed by atoms with Crippen molar-refractivity contribution in [1.82, 2.24) is 19.7 Å². The van der Waals surface area contributed by atoms with Gasteiger partial charge in [0.2, 0.25) is 5.88 Å². The second-order valence-electron chi connectivity index (χ2n) is 9.54. The third-order valence-electron chi connectivity index (χ3n) is 6.81. The molecular weight excluding hydrogens is 512 g/mol. The number of hydrogen-bond donors (Lipinski definition) is 1. The van der Waals surface area contributed by atoms with Crippen molar-refractivity contribution in [2.75, 3.05) is 4.72 Å². The number of benzene rings is 2. The molecule has 0 aliphatic heterocycles. The zero-order valence-corrected chi connectivity index (χ0v) is 23.2. The first kappa shape index (κ1) is 26.1. The Hall–Kier alpha value is -4.49. The number of aromatic nitrogens is 4. The van der Waals surface area contributed by atoms with Crippen LogP contribution in [-0.2, 0) is 23.0 Å². The molecule has 1 N–H and O–H groups in total. The lowest BCUT2D eigenvalue weighted by Crippen LogP contribution is -2.14. The van der Waals surface area contributed by atoms with Crippen molar-refractivity contribution in [1.29, 1.82) is 5.26 Å². The van der Waals surface area contributed by atoms with E-state index in [1.54, 1.807) is 44.2 Å². The summed E-state index contributed by atoms with van der Waals surface area (Å²) in [6.07, 6.45) is 0.737.